The third kappa shape index (κ3) is 5.14. The number of carboxylic acids is 1. The van der Waals surface area contributed by atoms with E-state index >= 15 is 0 Å². The van der Waals surface area contributed by atoms with Crippen molar-refractivity contribution < 1.29 is 32.5 Å². The minimum atomic E-state index is -5.08. The summed E-state index contributed by atoms with van der Waals surface area (Å²) < 4.78 is 42.2. The summed E-state index contributed by atoms with van der Waals surface area (Å²) in [6.07, 6.45) is 1.64. The van der Waals surface area contributed by atoms with Gasteiger partial charge < -0.3 is 19.9 Å². The van der Waals surface area contributed by atoms with Crippen LogP contribution in [0.15, 0.2) is 84.4 Å². The lowest BCUT2D eigenvalue weighted by atomic mass is 9.95. The Bertz CT molecular complexity index is 1250. The number of amidine groups is 1. The number of carbonyl (C=O) groups is 1. The third-order valence-electron chi connectivity index (χ3n) is 4.82. The zero-order chi connectivity index (χ0) is 24.1. The highest BCUT2D eigenvalue weighted by Crippen LogP contribution is 2.36. The van der Waals surface area contributed by atoms with Gasteiger partial charge in [0.05, 0.1) is 0 Å². The first kappa shape index (κ1) is 22.8. The molecule has 0 fully saturated rings. The maximum absolute atomic E-state index is 10.6. The van der Waals surface area contributed by atoms with Crippen molar-refractivity contribution in [2.75, 3.05) is 6.79 Å². The van der Waals surface area contributed by atoms with E-state index < -0.39 is 12.1 Å². The molecule has 0 amide bonds. The number of rotatable bonds is 3. The standard InChI is InChI=1S/C21H16N4O2.C2HF3O2/c1-2-7-18-17(6-1)20(25-21(18)24-19-11-26-13-27-19)15-5-3-4-14(8-15)16-9-22-12-23-10-16;3-2(4,5)1(6)7/h1-12,20H,13H2,(H,24,25);(H,6,7). The molecule has 174 valence electrons. The van der Waals surface area contributed by atoms with Gasteiger partial charge in [0.25, 0.3) is 0 Å². The molecule has 3 heterocycles. The van der Waals surface area contributed by atoms with Gasteiger partial charge >= 0.3 is 12.1 Å². The number of alkyl halides is 3. The summed E-state index contributed by atoms with van der Waals surface area (Å²) in [5, 5.41) is 10.3. The molecule has 34 heavy (non-hydrogen) atoms. The van der Waals surface area contributed by atoms with Crippen molar-refractivity contribution in [2.45, 2.75) is 12.2 Å². The van der Waals surface area contributed by atoms with E-state index in [1.54, 1.807) is 6.26 Å². The van der Waals surface area contributed by atoms with E-state index in [1.807, 2.05) is 30.6 Å². The Kier molecular flexibility index (Phi) is 6.44. The monoisotopic (exact) mass is 470 g/mol. The normalized spacial score (nSPS) is 16.1. The van der Waals surface area contributed by atoms with Crippen LogP contribution in [0.1, 0.15) is 22.7 Å². The van der Waals surface area contributed by atoms with Gasteiger partial charge in [0.2, 0.25) is 12.7 Å². The summed E-state index contributed by atoms with van der Waals surface area (Å²) in [6.45, 7) is 0.224. The zero-order valence-corrected chi connectivity index (χ0v) is 17.4. The molecular formula is C23H17F3N4O4. The van der Waals surface area contributed by atoms with Crippen molar-refractivity contribution in [3.63, 3.8) is 0 Å². The van der Waals surface area contributed by atoms with Crippen LogP contribution in [0.4, 0.5) is 13.2 Å². The van der Waals surface area contributed by atoms with Gasteiger partial charge in [0.15, 0.2) is 0 Å². The number of halogens is 3. The number of carboxylic acid groups (broad SMARTS) is 1. The molecule has 5 rings (SSSR count). The maximum Gasteiger partial charge on any atom is 0.490 e. The molecule has 1 aromatic heterocycles. The Hall–Kier alpha value is -4.41. The van der Waals surface area contributed by atoms with Crippen LogP contribution in [0, 0.1) is 0 Å². The third-order valence-corrected chi connectivity index (χ3v) is 4.82. The quantitative estimate of drug-likeness (QED) is 0.596. The van der Waals surface area contributed by atoms with Crippen LogP contribution in [0.5, 0.6) is 0 Å². The Morgan fingerprint density at radius 1 is 1.06 bits per heavy atom. The summed E-state index contributed by atoms with van der Waals surface area (Å²) in [5.41, 5.74) is 5.37. The van der Waals surface area contributed by atoms with Gasteiger partial charge in [-0.3, -0.25) is 4.99 Å². The fraction of sp³-hybridized carbons (Fsp3) is 0.130. The second kappa shape index (κ2) is 9.61. The number of aliphatic imine (C=N–C) groups is 1. The Morgan fingerprint density at radius 2 is 1.79 bits per heavy atom. The van der Waals surface area contributed by atoms with E-state index in [4.69, 9.17) is 24.4 Å². The molecule has 0 bridgehead atoms. The van der Waals surface area contributed by atoms with Crippen molar-refractivity contribution in [2.24, 2.45) is 4.99 Å². The van der Waals surface area contributed by atoms with Gasteiger partial charge in [-0.1, -0.05) is 42.5 Å². The van der Waals surface area contributed by atoms with Crippen LogP contribution in [0.2, 0.25) is 0 Å². The van der Waals surface area contributed by atoms with Gasteiger partial charge in [0.1, 0.15) is 24.5 Å². The average molecular weight is 470 g/mol. The van der Waals surface area contributed by atoms with Gasteiger partial charge in [-0.15, -0.1) is 0 Å². The van der Waals surface area contributed by atoms with Crippen LogP contribution in [0.3, 0.4) is 0 Å². The Balaban J connectivity index is 0.000000344. The largest absolute Gasteiger partial charge is 0.490 e. The molecular weight excluding hydrogens is 453 g/mol. The minimum absolute atomic E-state index is 0.0868. The fourth-order valence-corrected chi connectivity index (χ4v) is 3.33. The first-order valence-electron chi connectivity index (χ1n) is 9.87. The summed E-state index contributed by atoms with van der Waals surface area (Å²) in [6, 6.07) is 16.5. The van der Waals surface area contributed by atoms with Crippen molar-refractivity contribution in [1.82, 2.24) is 15.3 Å². The molecule has 1 atom stereocenters. The Labute approximate surface area is 191 Å². The van der Waals surface area contributed by atoms with Gasteiger partial charge in [-0.25, -0.2) is 14.8 Å². The molecule has 0 saturated heterocycles. The zero-order valence-electron chi connectivity index (χ0n) is 17.4. The van der Waals surface area contributed by atoms with Gasteiger partial charge in [-0.2, -0.15) is 13.2 Å². The van der Waals surface area contributed by atoms with E-state index in [0.717, 1.165) is 33.7 Å². The molecule has 2 aliphatic rings. The molecule has 2 N–H and O–H groups in total. The van der Waals surface area contributed by atoms with E-state index in [2.05, 4.69) is 45.6 Å². The van der Waals surface area contributed by atoms with Gasteiger partial charge in [0, 0.05) is 23.5 Å². The SMILES string of the molecule is C1=C(NC2=NC(c3cccc(-c4cncnc4)c3)c3ccccc32)OCO1.O=C(O)C(F)(F)F. The van der Waals surface area contributed by atoms with Crippen molar-refractivity contribution >= 4 is 11.8 Å². The summed E-state index contributed by atoms with van der Waals surface area (Å²) >= 11 is 0. The molecule has 0 saturated carbocycles. The molecule has 0 aliphatic carbocycles. The number of hydrogen-bond acceptors (Lipinski definition) is 7. The van der Waals surface area contributed by atoms with Gasteiger partial charge in [-0.05, 0) is 22.8 Å². The smallest absolute Gasteiger partial charge is 0.475 e. The van der Waals surface area contributed by atoms with Crippen LogP contribution in [-0.4, -0.2) is 39.8 Å². The number of nitrogens with zero attached hydrogens (tertiary/aromatic N) is 3. The first-order chi connectivity index (χ1) is 16.3. The highest BCUT2D eigenvalue weighted by atomic mass is 19.4. The minimum Gasteiger partial charge on any atom is -0.475 e. The molecule has 2 aliphatic heterocycles. The summed E-state index contributed by atoms with van der Waals surface area (Å²) in [4.78, 5) is 22.0. The predicted molar refractivity (Wildman–Crippen MR) is 114 cm³/mol. The topological polar surface area (TPSA) is 106 Å². The number of ether oxygens (including phenoxy) is 2. The van der Waals surface area contributed by atoms with Crippen LogP contribution in [0.25, 0.3) is 11.1 Å². The van der Waals surface area contributed by atoms with E-state index in [9.17, 15) is 13.2 Å². The number of nitrogens with one attached hydrogen (secondary N) is 1. The molecule has 11 heteroatoms. The van der Waals surface area contributed by atoms with Crippen molar-refractivity contribution in [3.8, 4) is 11.1 Å². The molecule has 8 nitrogen and oxygen atoms in total. The molecule has 2 aromatic carbocycles. The van der Waals surface area contributed by atoms with Crippen molar-refractivity contribution in [3.05, 3.63) is 96.1 Å². The second-order valence-corrected chi connectivity index (χ2v) is 7.06. The van der Waals surface area contributed by atoms with E-state index in [1.165, 1.54) is 6.33 Å². The van der Waals surface area contributed by atoms with Crippen molar-refractivity contribution in [1.29, 1.82) is 0 Å². The highest BCUT2D eigenvalue weighted by Gasteiger charge is 2.38. The fourth-order valence-electron chi connectivity index (χ4n) is 3.33. The molecule has 1 unspecified atom stereocenters. The first-order valence-corrected chi connectivity index (χ1v) is 9.87. The molecule has 0 spiro atoms. The number of aromatic nitrogens is 2. The lowest BCUT2D eigenvalue weighted by Gasteiger charge is -2.11. The van der Waals surface area contributed by atoms with E-state index in [0.29, 0.717) is 5.88 Å². The molecule has 0 radical (unpaired) electrons. The summed E-state index contributed by atoms with van der Waals surface area (Å²) in [5.74, 6) is -1.41. The second-order valence-electron chi connectivity index (χ2n) is 7.06. The number of hydrogen-bond donors (Lipinski definition) is 2. The lowest BCUT2D eigenvalue weighted by Crippen LogP contribution is -2.22. The number of benzene rings is 2. The average Bonchev–Trinajstić information content (AvgIpc) is 3.48. The summed E-state index contributed by atoms with van der Waals surface area (Å²) in [7, 11) is 0. The Morgan fingerprint density at radius 3 is 2.47 bits per heavy atom. The van der Waals surface area contributed by atoms with Crippen LogP contribution < -0.4 is 5.32 Å². The predicted octanol–water partition coefficient (Wildman–Crippen LogP) is 4.02. The number of aliphatic carboxylic acids is 1. The number of fused-ring (bicyclic) bond motifs is 1. The molecule has 3 aromatic rings. The lowest BCUT2D eigenvalue weighted by molar-refractivity contribution is -0.192. The maximum atomic E-state index is 10.6. The highest BCUT2D eigenvalue weighted by molar-refractivity contribution is 6.03. The van der Waals surface area contributed by atoms with Crippen LogP contribution >= 0.6 is 0 Å². The van der Waals surface area contributed by atoms with Crippen LogP contribution in [-0.2, 0) is 14.3 Å². The van der Waals surface area contributed by atoms with E-state index in [-0.39, 0.29) is 12.8 Å².